The summed E-state index contributed by atoms with van der Waals surface area (Å²) in [5.74, 6) is -1.08. The average Bonchev–Trinajstić information content (AvgIpc) is 2.61. The first-order valence-electron chi connectivity index (χ1n) is 7.21. The number of carbonyl (C=O) groups is 1. The zero-order valence-electron chi connectivity index (χ0n) is 13.4. The van der Waals surface area contributed by atoms with Crippen LogP contribution >= 0.6 is 0 Å². The van der Waals surface area contributed by atoms with Crippen LogP contribution in [0.4, 0.5) is 0 Å². The largest absolute Gasteiger partial charge is 0.508 e. The van der Waals surface area contributed by atoms with Crippen molar-refractivity contribution in [3.05, 3.63) is 52.2 Å². The molecule has 0 aliphatic rings. The van der Waals surface area contributed by atoms with Gasteiger partial charge in [0, 0.05) is 11.6 Å². The first-order valence-corrected chi connectivity index (χ1v) is 7.21. The Morgan fingerprint density at radius 2 is 1.76 bits per heavy atom. The number of fused-ring (bicyclic) bond motifs is 1. The summed E-state index contributed by atoms with van der Waals surface area (Å²) in [6, 6.07) is 8.43. The van der Waals surface area contributed by atoms with Crippen LogP contribution in [0.3, 0.4) is 0 Å². The van der Waals surface area contributed by atoms with E-state index in [0.29, 0.717) is 5.56 Å². The smallest absolute Gasteiger partial charge is 0.345 e. The number of phenolic OH excluding ortho intramolecular Hbond substituents is 2. The summed E-state index contributed by atoms with van der Waals surface area (Å²) in [6.45, 7) is 0. The Bertz CT molecular complexity index is 1020. The number of rotatable bonds is 3. The van der Waals surface area contributed by atoms with E-state index in [0.717, 1.165) is 0 Å². The van der Waals surface area contributed by atoms with Crippen molar-refractivity contribution in [2.75, 3.05) is 14.2 Å². The van der Waals surface area contributed by atoms with Gasteiger partial charge in [0.05, 0.1) is 19.6 Å². The molecule has 25 heavy (non-hydrogen) atoms. The quantitative estimate of drug-likeness (QED) is 0.705. The highest BCUT2D eigenvalue weighted by atomic mass is 16.5. The van der Waals surface area contributed by atoms with Crippen LogP contribution in [0.5, 0.6) is 17.2 Å². The van der Waals surface area contributed by atoms with Crippen LogP contribution in [-0.4, -0.2) is 30.4 Å². The molecule has 0 fully saturated rings. The summed E-state index contributed by atoms with van der Waals surface area (Å²) < 4.78 is 15.5. The van der Waals surface area contributed by atoms with Gasteiger partial charge in [0.15, 0.2) is 22.5 Å². The van der Waals surface area contributed by atoms with Crippen molar-refractivity contribution in [2.24, 2.45) is 0 Å². The van der Waals surface area contributed by atoms with Crippen molar-refractivity contribution in [2.45, 2.75) is 0 Å². The second kappa shape index (κ2) is 6.20. The van der Waals surface area contributed by atoms with Gasteiger partial charge in [0.1, 0.15) is 17.1 Å². The molecule has 7 nitrogen and oxygen atoms in total. The van der Waals surface area contributed by atoms with Crippen LogP contribution in [0.15, 0.2) is 45.6 Å². The van der Waals surface area contributed by atoms with Gasteiger partial charge in [-0.3, -0.25) is 4.79 Å². The third-order valence-corrected chi connectivity index (χ3v) is 3.70. The molecule has 0 aliphatic heterocycles. The molecule has 0 spiro atoms. The number of benzene rings is 2. The minimum atomic E-state index is -0.816. The molecule has 0 aliphatic carbocycles. The minimum Gasteiger partial charge on any atom is -0.508 e. The van der Waals surface area contributed by atoms with E-state index in [1.165, 1.54) is 38.5 Å². The Balaban J connectivity index is 2.39. The molecule has 1 heterocycles. The number of methoxy groups -OCH3 is 2. The molecule has 0 saturated heterocycles. The molecular weight excluding hydrogens is 328 g/mol. The maximum absolute atomic E-state index is 12.4. The van der Waals surface area contributed by atoms with E-state index in [1.807, 2.05) is 0 Å². The number of ether oxygens (including phenoxy) is 2. The standard InChI is InChI=1S/C18H14O7/c1-23-17-13(21)7-11-12(20)8-14(9-3-5-10(19)6-4-9)25-16(11)15(17)18(22)24-2/h3-8,19,21H,1-2H3. The molecule has 2 N–H and O–H groups in total. The van der Waals surface area contributed by atoms with E-state index < -0.39 is 11.4 Å². The number of phenols is 2. The molecule has 128 valence electrons. The monoisotopic (exact) mass is 342 g/mol. The van der Waals surface area contributed by atoms with Gasteiger partial charge in [-0.1, -0.05) is 0 Å². The Labute approximate surface area is 141 Å². The molecule has 2 aromatic carbocycles. The van der Waals surface area contributed by atoms with Gasteiger partial charge in [0.2, 0.25) is 0 Å². The minimum absolute atomic E-state index is 0.0150. The van der Waals surface area contributed by atoms with Gasteiger partial charge in [-0.15, -0.1) is 0 Å². The third-order valence-electron chi connectivity index (χ3n) is 3.70. The summed E-state index contributed by atoms with van der Waals surface area (Å²) >= 11 is 0. The van der Waals surface area contributed by atoms with Gasteiger partial charge in [-0.2, -0.15) is 0 Å². The van der Waals surface area contributed by atoms with Crippen molar-refractivity contribution in [3.63, 3.8) is 0 Å². The zero-order chi connectivity index (χ0) is 18.1. The van der Waals surface area contributed by atoms with Gasteiger partial charge in [0.25, 0.3) is 0 Å². The number of hydrogen-bond acceptors (Lipinski definition) is 7. The van der Waals surface area contributed by atoms with Crippen molar-refractivity contribution < 1.29 is 28.9 Å². The van der Waals surface area contributed by atoms with E-state index in [9.17, 15) is 19.8 Å². The summed E-state index contributed by atoms with van der Waals surface area (Å²) in [4.78, 5) is 24.6. The number of hydrogen-bond donors (Lipinski definition) is 2. The lowest BCUT2D eigenvalue weighted by Crippen LogP contribution is -2.09. The van der Waals surface area contributed by atoms with E-state index in [-0.39, 0.29) is 39.5 Å². The fourth-order valence-electron chi connectivity index (χ4n) is 2.52. The van der Waals surface area contributed by atoms with Crippen LogP contribution in [0.1, 0.15) is 10.4 Å². The van der Waals surface area contributed by atoms with Crippen LogP contribution in [-0.2, 0) is 4.74 Å². The molecule has 3 aromatic rings. The van der Waals surface area contributed by atoms with Crippen LogP contribution in [0, 0.1) is 0 Å². The van der Waals surface area contributed by atoms with E-state index in [4.69, 9.17) is 13.9 Å². The van der Waals surface area contributed by atoms with Crippen molar-refractivity contribution >= 4 is 16.9 Å². The van der Waals surface area contributed by atoms with Crippen LogP contribution in [0.2, 0.25) is 0 Å². The zero-order valence-corrected chi connectivity index (χ0v) is 13.4. The summed E-state index contributed by atoms with van der Waals surface area (Å²) in [6.07, 6.45) is 0. The van der Waals surface area contributed by atoms with Gasteiger partial charge in [-0.05, 0) is 30.3 Å². The Hall–Kier alpha value is -3.48. The molecular formula is C18H14O7. The highest BCUT2D eigenvalue weighted by molar-refractivity contribution is 6.06. The molecule has 0 radical (unpaired) electrons. The molecule has 0 saturated carbocycles. The average molecular weight is 342 g/mol. The van der Waals surface area contributed by atoms with Crippen LogP contribution < -0.4 is 10.2 Å². The predicted octanol–water partition coefficient (Wildman–Crippen LogP) is 2.67. The lowest BCUT2D eigenvalue weighted by molar-refractivity contribution is 0.0597. The second-order valence-electron chi connectivity index (χ2n) is 5.19. The SMILES string of the molecule is COC(=O)c1c(OC)c(O)cc2c(=O)cc(-c3ccc(O)cc3)oc12. The number of carbonyl (C=O) groups excluding carboxylic acids is 1. The van der Waals surface area contributed by atoms with E-state index >= 15 is 0 Å². The Kier molecular flexibility index (Phi) is 4.06. The maximum Gasteiger partial charge on any atom is 0.345 e. The lowest BCUT2D eigenvalue weighted by atomic mass is 10.1. The molecule has 7 heteroatoms. The normalized spacial score (nSPS) is 10.6. The summed E-state index contributed by atoms with van der Waals surface area (Å²) in [7, 11) is 2.44. The fourth-order valence-corrected chi connectivity index (χ4v) is 2.52. The molecule has 0 atom stereocenters. The lowest BCUT2D eigenvalue weighted by Gasteiger charge is -2.12. The highest BCUT2D eigenvalue weighted by Crippen LogP contribution is 2.37. The number of esters is 1. The van der Waals surface area contributed by atoms with Crippen molar-refractivity contribution in [3.8, 4) is 28.6 Å². The first kappa shape index (κ1) is 16.4. The third kappa shape index (κ3) is 2.76. The first-order chi connectivity index (χ1) is 12.0. The molecule has 1 aromatic heterocycles. The topological polar surface area (TPSA) is 106 Å². The molecule has 3 rings (SSSR count). The van der Waals surface area contributed by atoms with Crippen LogP contribution in [0.25, 0.3) is 22.3 Å². The van der Waals surface area contributed by atoms with Gasteiger partial charge in [-0.25, -0.2) is 4.79 Å². The molecule has 0 amide bonds. The molecule has 0 unspecified atom stereocenters. The Morgan fingerprint density at radius 3 is 2.36 bits per heavy atom. The van der Waals surface area contributed by atoms with Crippen molar-refractivity contribution in [1.29, 1.82) is 0 Å². The van der Waals surface area contributed by atoms with E-state index in [1.54, 1.807) is 12.1 Å². The highest BCUT2D eigenvalue weighted by Gasteiger charge is 2.25. The summed E-state index contributed by atoms with van der Waals surface area (Å²) in [5, 5.41) is 19.4. The molecule has 0 bridgehead atoms. The Morgan fingerprint density at radius 1 is 1.08 bits per heavy atom. The number of aromatic hydroxyl groups is 2. The second-order valence-corrected chi connectivity index (χ2v) is 5.19. The van der Waals surface area contributed by atoms with Crippen molar-refractivity contribution in [1.82, 2.24) is 0 Å². The maximum atomic E-state index is 12.4. The fraction of sp³-hybridized carbons (Fsp3) is 0.111. The van der Waals surface area contributed by atoms with E-state index in [2.05, 4.69) is 0 Å². The van der Waals surface area contributed by atoms with Gasteiger partial charge >= 0.3 is 5.97 Å². The summed E-state index contributed by atoms with van der Waals surface area (Å²) in [5.41, 5.74) is -0.165. The van der Waals surface area contributed by atoms with Gasteiger partial charge < -0.3 is 24.1 Å². The predicted molar refractivity (Wildman–Crippen MR) is 89.1 cm³/mol.